The summed E-state index contributed by atoms with van der Waals surface area (Å²) in [6.07, 6.45) is 3.29. The van der Waals surface area contributed by atoms with Gasteiger partial charge in [-0.1, -0.05) is 0 Å². The van der Waals surface area contributed by atoms with Gasteiger partial charge in [-0.3, -0.25) is 0 Å². The molecule has 33 heavy (non-hydrogen) atoms. The standard InChI is InChI=1S/C22H31N5O5S/c1-15-14-31-11-10-26(15)19-13-16(22(7-8-22)33(5,29)30)12-17(25-19)24-18-6-9-23-27(18)20(28)32-21(2,3)4/h6,9,12-13,15H,7-8,10-11,14H2,1-5H3,(H,24,25)/t15-/m1/s1. The molecule has 2 aliphatic rings. The summed E-state index contributed by atoms with van der Waals surface area (Å²) in [4.78, 5) is 19.4. The Balaban J connectivity index is 1.72. The Labute approximate surface area is 194 Å². The van der Waals surface area contributed by atoms with E-state index in [4.69, 9.17) is 14.5 Å². The molecule has 11 heteroatoms. The molecule has 2 aromatic rings. The second-order valence-electron chi connectivity index (χ2n) is 9.72. The van der Waals surface area contributed by atoms with Crippen molar-refractivity contribution in [3.05, 3.63) is 30.0 Å². The molecule has 10 nitrogen and oxygen atoms in total. The van der Waals surface area contributed by atoms with Gasteiger partial charge in [0.25, 0.3) is 0 Å². The smallest absolute Gasteiger partial charge is 0.437 e. The first-order valence-electron chi connectivity index (χ1n) is 11.0. The van der Waals surface area contributed by atoms with Crippen molar-refractivity contribution in [2.75, 3.05) is 36.2 Å². The molecule has 1 saturated carbocycles. The zero-order valence-corrected chi connectivity index (χ0v) is 20.5. The molecule has 0 unspecified atom stereocenters. The predicted octanol–water partition coefficient (Wildman–Crippen LogP) is 3.06. The van der Waals surface area contributed by atoms with Crippen LogP contribution in [-0.2, 0) is 24.1 Å². The van der Waals surface area contributed by atoms with E-state index in [-0.39, 0.29) is 6.04 Å². The summed E-state index contributed by atoms with van der Waals surface area (Å²) in [5.41, 5.74) is 0.0194. The fourth-order valence-electron chi connectivity index (χ4n) is 4.02. The number of aromatic nitrogens is 3. The topological polar surface area (TPSA) is 116 Å². The van der Waals surface area contributed by atoms with E-state index in [1.807, 2.05) is 13.0 Å². The SMILES string of the molecule is C[C@@H]1COCCN1c1cc(C2(S(C)(=O)=O)CC2)cc(Nc2ccnn2C(=O)OC(C)(C)C)n1. The van der Waals surface area contributed by atoms with Crippen LogP contribution in [0, 0.1) is 0 Å². The highest BCUT2D eigenvalue weighted by molar-refractivity contribution is 7.92. The average Bonchev–Trinajstić information content (AvgIpc) is 3.41. The molecule has 2 aromatic heterocycles. The van der Waals surface area contributed by atoms with E-state index in [0.717, 1.165) is 4.68 Å². The first-order valence-corrected chi connectivity index (χ1v) is 12.9. The largest absolute Gasteiger partial charge is 0.442 e. The van der Waals surface area contributed by atoms with Crippen LogP contribution in [0.15, 0.2) is 24.4 Å². The molecule has 3 heterocycles. The van der Waals surface area contributed by atoms with Crippen LogP contribution in [0.5, 0.6) is 0 Å². The first-order chi connectivity index (χ1) is 15.4. The number of nitrogens with one attached hydrogen (secondary N) is 1. The van der Waals surface area contributed by atoms with E-state index in [9.17, 15) is 13.2 Å². The molecular weight excluding hydrogens is 446 g/mol. The molecule has 0 amide bonds. The Bertz CT molecular complexity index is 1150. The van der Waals surface area contributed by atoms with Gasteiger partial charge in [-0.25, -0.2) is 18.2 Å². The summed E-state index contributed by atoms with van der Waals surface area (Å²) in [5.74, 6) is 1.48. The third-order valence-corrected chi connectivity index (χ3v) is 7.94. The van der Waals surface area contributed by atoms with E-state index in [2.05, 4.69) is 15.3 Å². The van der Waals surface area contributed by atoms with E-state index in [1.165, 1.54) is 12.5 Å². The molecule has 0 spiro atoms. The second kappa shape index (κ2) is 8.28. The lowest BCUT2D eigenvalue weighted by atomic mass is 10.1. The molecule has 1 saturated heterocycles. The van der Waals surface area contributed by atoms with E-state index in [1.54, 1.807) is 32.9 Å². The maximum atomic E-state index is 12.6. The number of ether oxygens (including phenoxy) is 2. The van der Waals surface area contributed by atoms with Gasteiger partial charge >= 0.3 is 6.09 Å². The molecule has 2 fully saturated rings. The van der Waals surface area contributed by atoms with Crippen molar-refractivity contribution in [2.45, 2.75) is 56.9 Å². The molecule has 0 radical (unpaired) electrons. The molecule has 1 aliphatic heterocycles. The summed E-state index contributed by atoms with van der Waals surface area (Å²) in [7, 11) is -3.32. The van der Waals surface area contributed by atoms with Crippen LogP contribution in [-0.4, -0.2) is 66.9 Å². The zero-order chi connectivity index (χ0) is 24.0. The van der Waals surface area contributed by atoms with Crippen molar-refractivity contribution in [2.24, 2.45) is 0 Å². The number of hydrogen-bond acceptors (Lipinski definition) is 9. The van der Waals surface area contributed by atoms with E-state index in [0.29, 0.717) is 55.6 Å². The lowest BCUT2D eigenvalue weighted by Gasteiger charge is -2.35. The van der Waals surface area contributed by atoms with Crippen LogP contribution in [0.3, 0.4) is 0 Å². The summed E-state index contributed by atoms with van der Waals surface area (Å²) in [6, 6.07) is 5.34. The van der Waals surface area contributed by atoms with Crippen molar-refractivity contribution in [1.82, 2.24) is 14.8 Å². The van der Waals surface area contributed by atoms with Crippen LogP contribution >= 0.6 is 0 Å². The van der Waals surface area contributed by atoms with Crippen LogP contribution in [0.4, 0.5) is 22.2 Å². The van der Waals surface area contributed by atoms with Crippen LogP contribution < -0.4 is 10.2 Å². The van der Waals surface area contributed by atoms with Gasteiger partial charge < -0.3 is 19.7 Å². The molecule has 0 bridgehead atoms. The van der Waals surface area contributed by atoms with Gasteiger partial charge in [0.15, 0.2) is 9.84 Å². The maximum absolute atomic E-state index is 12.6. The fraction of sp³-hybridized carbons (Fsp3) is 0.591. The number of carbonyl (C=O) groups excluding carboxylic acids is 1. The van der Waals surface area contributed by atoms with Crippen molar-refractivity contribution >= 4 is 33.4 Å². The molecule has 0 aromatic carbocycles. The van der Waals surface area contributed by atoms with Crippen LogP contribution in [0.25, 0.3) is 0 Å². The Morgan fingerprint density at radius 3 is 2.64 bits per heavy atom. The van der Waals surface area contributed by atoms with E-state index < -0.39 is 26.3 Å². The summed E-state index contributed by atoms with van der Waals surface area (Å²) in [6.45, 7) is 9.17. The highest BCUT2D eigenvalue weighted by Crippen LogP contribution is 2.53. The van der Waals surface area contributed by atoms with Gasteiger partial charge in [-0.15, -0.1) is 4.68 Å². The lowest BCUT2D eigenvalue weighted by Crippen LogP contribution is -2.44. The van der Waals surface area contributed by atoms with Crippen LogP contribution in [0.1, 0.15) is 46.1 Å². The van der Waals surface area contributed by atoms with Crippen molar-refractivity contribution in [3.8, 4) is 0 Å². The molecule has 1 N–H and O–H groups in total. The Morgan fingerprint density at radius 1 is 1.30 bits per heavy atom. The minimum absolute atomic E-state index is 0.0926. The molecule has 4 rings (SSSR count). The molecule has 1 atom stereocenters. The number of pyridine rings is 1. The Hall–Kier alpha value is -2.66. The third kappa shape index (κ3) is 4.84. The zero-order valence-electron chi connectivity index (χ0n) is 19.7. The van der Waals surface area contributed by atoms with Gasteiger partial charge in [0, 0.05) is 18.9 Å². The van der Waals surface area contributed by atoms with Gasteiger partial charge in [-0.2, -0.15) is 5.10 Å². The fourth-order valence-corrected chi connectivity index (χ4v) is 5.41. The Kier molecular flexibility index (Phi) is 5.90. The monoisotopic (exact) mass is 477 g/mol. The Morgan fingerprint density at radius 2 is 2.03 bits per heavy atom. The highest BCUT2D eigenvalue weighted by Gasteiger charge is 2.54. The minimum atomic E-state index is -3.32. The molecule has 1 aliphatic carbocycles. The second-order valence-corrected chi connectivity index (χ2v) is 12.0. The molecule has 180 valence electrons. The predicted molar refractivity (Wildman–Crippen MR) is 125 cm³/mol. The summed E-state index contributed by atoms with van der Waals surface area (Å²) >= 11 is 0. The first kappa shape index (κ1) is 23.5. The number of sulfone groups is 1. The molecular formula is C22H31N5O5S. The maximum Gasteiger partial charge on any atom is 0.437 e. The summed E-state index contributed by atoms with van der Waals surface area (Å²) in [5, 5.41) is 7.21. The number of rotatable bonds is 5. The van der Waals surface area contributed by atoms with E-state index >= 15 is 0 Å². The normalized spacial score (nSPS) is 20.4. The average molecular weight is 478 g/mol. The number of carbonyl (C=O) groups is 1. The van der Waals surface area contributed by atoms with Gasteiger partial charge in [-0.05, 0) is 58.2 Å². The van der Waals surface area contributed by atoms with Gasteiger partial charge in [0.2, 0.25) is 0 Å². The number of hydrogen-bond donors (Lipinski definition) is 1. The van der Waals surface area contributed by atoms with Crippen molar-refractivity contribution in [1.29, 1.82) is 0 Å². The summed E-state index contributed by atoms with van der Waals surface area (Å²) < 4.78 is 36.4. The van der Waals surface area contributed by atoms with Crippen molar-refractivity contribution < 1.29 is 22.7 Å². The highest BCUT2D eigenvalue weighted by atomic mass is 32.2. The lowest BCUT2D eigenvalue weighted by molar-refractivity contribution is 0.0519. The van der Waals surface area contributed by atoms with Crippen LogP contribution in [0.2, 0.25) is 0 Å². The minimum Gasteiger partial charge on any atom is -0.442 e. The number of anilines is 3. The number of morpholine rings is 1. The van der Waals surface area contributed by atoms with Crippen molar-refractivity contribution in [3.63, 3.8) is 0 Å². The number of nitrogens with zero attached hydrogens (tertiary/aromatic N) is 4. The van der Waals surface area contributed by atoms with Gasteiger partial charge in [0.05, 0.1) is 30.2 Å². The quantitative estimate of drug-likeness (QED) is 0.693. The third-order valence-electron chi connectivity index (χ3n) is 5.88. The van der Waals surface area contributed by atoms with Gasteiger partial charge in [0.1, 0.15) is 23.1 Å².